The van der Waals surface area contributed by atoms with Gasteiger partial charge in [-0.2, -0.15) is 0 Å². The molecule has 0 aliphatic carbocycles. The van der Waals surface area contributed by atoms with Gasteiger partial charge in [0.25, 0.3) is 5.56 Å². The Kier molecular flexibility index (Phi) is 4.41. The fourth-order valence-corrected chi connectivity index (χ4v) is 2.45. The van der Waals surface area contributed by atoms with Crippen molar-refractivity contribution in [1.29, 1.82) is 0 Å². The Morgan fingerprint density at radius 1 is 1.24 bits per heavy atom. The molecule has 3 aromatic rings. The van der Waals surface area contributed by atoms with Crippen molar-refractivity contribution in [3.63, 3.8) is 0 Å². The van der Waals surface area contributed by atoms with Gasteiger partial charge in [0.15, 0.2) is 0 Å². The van der Waals surface area contributed by atoms with Gasteiger partial charge >= 0.3 is 5.69 Å². The van der Waals surface area contributed by atoms with E-state index in [2.05, 4.69) is 4.98 Å². The predicted octanol–water partition coefficient (Wildman–Crippen LogP) is 2.82. The summed E-state index contributed by atoms with van der Waals surface area (Å²) in [6, 6.07) is 6.76. The summed E-state index contributed by atoms with van der Waals surface area (Å²) in [5.41, 5.74) is -1.09. The summed E-state index contributed by atoms with van der Waals surface area (Å²) in [5, 5.41) is 0.00193. The van der Waals surface area contributed by atoms with Crippen LogP contribution in [0, 0.1) is 12.7 Å². The van der Waals surface area contributed by atoms with Gasteiger partial charge in [0, 0.05) is 31.1 Å². The summed E-state index contributed by atoms with van der Waals surface area (Å²) in [5.74, 6) is -0.335. The van der Waals surface area contributed by atoms with Gasteiger partial charge in [-0.3, -0.25) is 9.78 Å². The second kappa shape index (κ2) is 6.52. The van der Waals surface area contributed by atoms with Crippen molar-refractivity contribution in [3.05, 3.63) is 80.1 Å². The van der Waals surface area contributed by atoms with E-state index in [1.54, 1.807) is 25.3 Å². The standard InChI is InChI=1S/C17H13ClFN3O3/c1-10-6-16(23)22(17(24)21(10)2)14-8-15(12(18)7-13(14)19)25-11-4-3-5-20-9-11/h3-9H,1-2H3. The Hall–Kier alpha value is -2.93. The molecule has 0 radical (unpaired) electrons. The van der Waals surface area contributed by atoms with Crippen molar-refractivity contribution in [1.82, 2.24) is 14.1 Å². The molecule has 0 aliphatic rings. The molecule has 6 nitrogen and oxygen atoms in total. The van der Waals surface area contributed by atoms with E-state index in [4.69, 9.17) is 16.3 Å². The molecule has 0 N–H and O–H groups in total. The number of ether oxygens (including phenoxy) is 1. The summed E-state index contributed by atoms with van der Waals surface area (Å²) in [7, 11) is 1.49. The minimum atomic E-state index is -0.813. The van der Waals surface area contributed by atoms with E-state index in [1.807, 2.05) is 0 Å². The SMILES string of the molecule is Cc1cc(=O)n(-c2cc(Oc3cccnc3)c(Cl)cc2F)c(=O)n1C. The first kappa shape index (κ1) is 16.9. The van der Waals surface area contributed by atoms with Crippen LogP contribution in [-0.2, 0) is 7.05 Å². The molecule has 1 aromatic carbocycles. The van der Waals surface area contributed by atoms with Gasteiger partial charge in [-0.15, -0.1) is 0 Å². The number of hydrogen-bond acceptors (Lipinski definition) is 4. The van der Waals surface area contributed by atoms with E-state index < -0.39 is 17.1 Å². The number of halogens is 2. The molecule has 0 bridgehead atoms. The maximum absolute atomic E-state index is 14.4. The van der Waals surface area contributed by atoms with E-state index in [0.29, 0.717) is 11.4 Å². The second-order valence-corrected chi connectivity index (χ2v) is 5.73. The highest BCUT2D eigenvalue weighted by Crippen LogP contribution is 2.32. The summed E-state index contributed by atoms with van der Waals surface area (Å²) in [4.78, 5) is 28.5. The van der Waals surface area contributed by atoms with Crippen molar-refractivity contribution < 1.29 is 9.13 Å². The average Bonchev–Trinajstić information content (AvgIpc) is 2.57. The number of aromatic nitrogens is 3. The monoisotopic (exact) mass is 361 g/mol. The van der Waals surface area contributed by atoms with Crippen LogP contribution in [0.25, 0.3) is 5.69 Å². The van der Waals surface area contributed by atoms with Crippen LogP contribution in [0.1, 0.15) is 5.69 Å². The molecule has 0 unspecified atom stereocenters. The fourth-order valence-electron chi connectivity index (χ4n) is 2.26. The molecular formula is C17H13ClFN3O3. The van der Waals surface area contributed by atoms with Gasteiger partial charge in [-0.25, -0.2) is 13.8 Å². The molecule has 0 fully saturated rings. The van der Waals surface area contributed by atoms with Gasteiger partial charge < -0.3 is 9.30 Å². The normalized spacial score (nSPS) is 10.7. The number of nitrogens with zero attached hydrogens (tertiary/aromatic N) is 3. The highest BCUT2D eigenvalue weighted by molar-refractivity contribution is 6.32. The van der Waals surface area contributed by atoms with Crippen LogP contribution in [0.2, 0.25) is 5.02 Å². The molecule has 0 amide bonds. The lowest BCUT2D eigenvalue weighted by molar-refractivity contribution is 0.477. The molecule has 2 aromatic heterocycles. The summed E-state index contributed by atoms with van der Waals surface area (Å²) < 4.78 is 21.9. The number of rotatable bonds is 3. The predicted molar refractivity (Wildman–Crippen MR) is 91.3 cm³/mol. The minimum absolute atomic E-state index is 0.00193. The first-order valence-electron chi connectivity index (χ1n) is 7.25. The van der Waals surface area contributed by atoms with Gasteiger partial charge in [0.05, 0.1) is 16.9 Å². The number of hydrogen-bond donors (Lipinski definition) is 0. The van der Waals surface area contributed by atoms with Gasteiger partial charge in [0.1, 0.15) is 17.3 Å². The van der Waals surface area contributed by atoms with Crippen molar-refractivity contribution in [2.24, 2.45) is 7.05 Å². The molecule has 128 valence electrons. The van der Waals surface area contributed by atoms with Crippen molar-refractivity contribution in [2.45, 2.75) is 6.92 Å². The Labute approximate surface area is 146 Å². The first-order valence-corrected chi connectivity index (χ1v) is 7.63. The van der Waals surface area contributed by atoms with E-state index >= 15 is 0 Å². The Balaban J connectivity index is 2.19. The fraction of sp³-hybridized carbons (Fsp3) is 0.118. The maximum Gasteiger partial charge on any atom is 0.335 e. The highest BCUT2D eigenvalue weighted by atomic mass is 35.5. The van der Waals surface area contributed by atoms with Crippen molar-refractivity contribution in [3.8, 4) is 17.2 Å². The Bertz CT molecular complexity index is 1060. The molecule has 25 heavy (non-hydrogen) atoms. The maximum atomic E-state index is 14.4. The first-order chi connectivity index (χ1) is 11.9. The molecule has 3 rings (SSSR count). The summed E-state index contributed by atoms with van der Waals surface area (Å²) in [6.45, 7) is 1.61. The molecule has 2 heterocycles. The largest absolute Gasteiger partial charge is 0.454 e. The van der Waals surface area contributed by atoms with E-state index in [0.717, 1.165) is 10.6 Å². The average molecular weight is 362 g/mol. The van der Waals surface area contributed by atoms with Crippen LogP contribution in [0.5, 0.6) is 11.5 Å². The highest BCUT2D eigenvalue weighted by Gasteiger charge is 2.16. The van der Waals surface area contributed by atoms with Crippen molar-refractivity contribution in [2.75, 3.05) is 0 Å². The number of pyridine rings is 1. The summed E-state index contributed by atoms with van der Waals surface area (Å²) >= 11 is 6.02. The van der Waals surface area contributed by atoms with Crippen LogP contribution < -0.4 is 16.0 Å². The van der Waals surface area contributed by atoms with Crippen molar-refractivity contribution >= 4 is 11.6 Å². The molecule has 0 saturated heterocycles. The molecule has 8 heteroatoms. The van der Waals surface area contributed by atoms with Crippen LogP contribution in [-0.4, -0.2) is 14.1 Å². The second-order valence-electron chi connectivity index (χ2n) is 5.33. The van der Waals surface area contributed by atoms with E-state index in [9.17, 15) is 14.0 Å². The lowest BCUT2D eigenvalue weighted by Crippen LogP contribution is -2.38. The topological polar surface area (TPSA) is 66.1 Å². The molecule has 0 spiro atoms. The molecule has 0 aliphatic heterocycles. The molecule has 0 atom stereocenters. The van der Waals surface area contributed by atoms with Crippen LogP contribution in [0.15, 0.2) is 52.3 Å². The minimum Gasteiger partial charge on any atom is -0.454 e. The zero-order valence-corrected chi connectivity index (χ0v) is 14.1. The molecule has 0 saturated carbocycles. The third kappa shape index (κ3) is 3.18. The number of benzene rings is 1. The third-order valence-electron chi connectivity index (χ3n) is 3.66. The lowest BCUT2D eigenvalue weighted by atomic mass is 10.2. The van der Waals surface area contributed by atoms with E-state index in [1.165, 1.54) is 29.9 Å². The van der Waals surface area contributed by atoms with Gasteiger partial charge in [0.2, 0.25) is 0 Å². The Morgan fingerprint density at radius 3 is 2.68 bits per heavy atom. The zero-order valence-electron chi connectivity index (χ0n) is 13.4. The zero-order chi connectivity index (χ0) is 18.1. The van der Waals surface area contributed by atoms with Crippen LogP contribution in [0.3, 0.4) is 0 Å². The van der Waals surface area contributed by atoms with Gasteiger partial charge in [-0.05, 0) is 25.1 Å². The van der Waals surface area contributed by atoms with Crippen LogP contribution >= 0.6 is 11.6 Å². The summed E-state index contributed by atoms with van der Waals surface area (Å²) in [6.07, 6.45) is 3.02. The lowest BCUT2D eigenvalue weighted by Gasteiger charge is -2.13. The number of aryl methyl sites for hydroxylation is 1. The molecular weight excluding hydrogens is 349 g/mol. The van der Waals surface area contributed by atoms with E-state index in [-0.39, 0.29) is 16.5 Å². The van der Waals surface area contributed by atoms with Crippen LogP contribution in [0.4, 0.5) is 4.39 Å². The quantitative estimate of drug-likeness (QED) is 0.719. The Morgan fingerprint density at radius 2 is 2.00 bits per heavy atom. The third-order valence-corrected chi connectivity index (χ3v) is 3.96. The smallest absolute Gasteiger partial charge is 0.335 e. The van der Waals surface area contributed by atoms with Gasteiger partial charge in [-0.1, -0.05) is 11.6 Å².